The molecular formula is C24H48O9. The number of carboxylic acids is 1. The van der Waals surface area contributed by atoms with Gasteiger partial charge in [-0.2, -0.15) is 0 Å². The zero-order chi connectivity index (χ0) is 25.5. The van der Waals surface area contributed by atoms with Gasteiger partial charge in [-0.25, -0.2) is 0 Å². The van der Waals surface area contributed by atoms with Crippen LogP contribution in [0.1, 0.15) is 90.4 Å². The summed E-state index contributed by atoms with van der Waals surface area (Å²) in [6.45, 7) is 0.748. The molecule has 0 rings (SSSR count). The van der Waals surface area contributed by atoms with Gasteiger partial charge in [0.1, 0.15) is 24.4 Å². The number of unbranched alkanes of at least 4 members (excludes halogenated alkanes) is 8. The maximum Gasteiger partial charge on any atom is 0.303 e. The lowest BCUT2D eigenvalue weighted by Gasteiger charge is -2.24. The molecule has 9 heteroatoms. The Balaban J connectivity index is 0. The number of hydrogen-bond acceptors (Lipinski definition) is 8. The van der Waals surface area contributed by atoms with E-state index in [4.69, 9.17) is 35.7 Å². The quantitative estimate of drug-likeness (QED) is 0.0946. The first-order valence-corrected chi connectivity index (χ1v) is 12.2. The van der Waals surface area contributed by atoms with E-state index in [0.717, 1.165) is 51.4 Å². The minimum Gasteiger partial charge on any atom is -0.481 e. The highest BCUT2D eigenvalue weighted by molar-refractivity contribution is 5.66. The molecule has 5 unspecified atom stereocenters. The van der Waals surface area contributed by atoms with Gasteiger partial charge >= 0.3 is 5.97 Å². The van der Waals surface area contributed by atoms with Gasteiger partial charge in [0.15, 0.2) is 0 Å². The van der Waals surface area contributed by atoms with Crippen molar-refractivity contribution in [1.82, 2.24) is 0 Å². The van der Waals surface area contributed by atoms with Crippen molar-refractivity contribution in [3.63, 3.8) is 0 Å². The molecule has 0 aromatic rings. The van der Waals surface area contributed by atoms with Crippen molar-refractivity contribution in [2.75, 3.05) is 13.2 Å². The smallest absolute Gasteiger partial charge is 0.303 e. The SMILES string of the molecule is CCCCCCC(O)C/C=C\CCCCCCCC(=O)O.OCC(O)C(O)C(O)C(O)CO. The topological polar surface area (TPSA) is 179 Å². The van der Waals surface area contributed by atoms with E-state index in [0.29, 0.717) is 6.42 Å². The van der Waals surface area contributed by atoms with Gasteiger partial charge in [0.25, 0.3) is 0 Å². The zero-order valence-corrected chi connectivity index (χ0v) is 20.1. The van der Waals surface area contributed by atoms with Crippen LogP contribution in [0.2, 0.25) is 0 Å². The highest BCUT2D eigenvalue weighted by Crippen LogP contribution is 2.10. The van der Waals surface area contributed by atoms with Gasteiger partial charge in [-0.15, -0.1) is 0 Å². The molecule has 0 radical (unpaired) electrons. The molecule has 0 aromatic heterocycles. The van der Waals surface area contributed by atoms with Crippen molar-refractivity contribution >= 4 is 5.97 Å². The van der Waals surface area contributed by atoms with Crippen LogP contribution in [0, 0.1) is 0 Å². The second-order valence-electron chi connectivity index (χ2n) is 8.39. The van der Waals surface area contributed by atoms with Crippen LogP contribution in [-0.4, -0.2) is 90.6 Å². The molecule has 0 fully saturated rings. The Morgan fingerprint density at radius 3 is 1.76 bits per heavy atom. The first-order valence-electron chi connectivity index (χ1n) is 12.2. The average Bonchev–Trinajstić information content (AvgIpc) is 2.81. The summed E-state index contributed by atoms with van der Waals surface area (Å²) in [5.74, 6) is -0.689. The predicted molar refractivity (Wildman–Crippen MR) is 127 cm³/mol. The molecule has 0 aromatic carbocycles. The summed E-state index contributed by atoms with van der Waals surface area (Å²) in [5, 5.41) is 70.5. The van der Waals surface area contributed by atoms with Crippen molar-refractivity contribution in [2.45, 2.75) is 121 Å². The number of carboxylic acid groups (broad SMARTS) is 1. The summed E-state index contributed by atoms with van der Waals surface area (Å²) < 4.78 is 0. The zero-order valence-electron chi connectivity index (χ0n) is 20.1. The molecule has 0 aliphatic carbocycles. The van der Waals surface area contributed by atoms with Crippen LogP contribution in [0.25, 0.3) is 0 Å². The van der Waals surface area contributed by atoms with Gasteiger partial charge in [-0.3, -0.25) is 4.79 Å². The van der Waals surface area contributed by atoms with Gasteiger partial charge in [0, 0.05) is 6.42 Å². The maximum absolute atomic E-state index is 10.3. The monoisotopic (exact) mass is 480 g/mol. The van der Waals surface area contributed by atoms with Gasteiger partial charge in [0.05, 0.1) is 19.3 Å². The van der Waals surface area contributed by atoms with Crippen molar-refractivity contribution in [3.05, 3.63) is 12.2 Å². The minimum atomic E-state index is -1.67. The molecule has 0 spiro atoms. The van der Waals surface area contributed by atoms with Gasteiger partial charge < -0.3 is 40.9 Å². The van der Waals surface area contributed by atoms with E-state index in [1.807, 2.05) is 0 Å². The standard InChI is InChI=1S/C18H34O3.C6H14O6/c1-2-3-4-11-14-17(19)15-12-9-7-5-6-8-10-13-16-18(20)21;7-1-3(9)5(11)6(12)4(10)2-8/h9,12,17,19H,2-8,10-11,13-16H2,1H3,(H,20,21);3-12H,1-2H2/b12-9-;. The van der Waals surface area contributed by atoms with Crippen LogP contribution in [-0.2, 0) is 4.79 Å². The molecule has 5 atom stereocenters. The Labute approximate surface area is 198 Å². The second-order valence-corrected chi connectivity index (χ2v) is 8.39. The number of aliphatic hydroxyl groups excluding tert-OH is 7. The number of aliphatic carboxylic acids is 1. The average molecular weight is 481 g/mol. The summed E-state index contributed by atoms with van der Waals surface area (Å²) in [6.07, 6.45) is 11.0. The van der Waals surface area contributed by atoms with Gasteiger partial charge in [-0.1, -0.05) is 64.0 Å². The fourth-order valence-corrected chi connectivity index (χ4v) is 3.04. The van der Waals surface area contributed by atoms with E-state index in [1.165, 1.54) is 25.7 Å². The number of allylic oxidation sites excluding steroid dienone is 1. The van der Waals surface area contributed by atoms with Crippen LogP contribution in [0.5, 0.6) is 0 Å². The fourth-order valence-electron chi connectivity index (χ4n) is 3.04. The molecule has 0 saturated heterocycles. The third-order valence-corrected chi connectivity index (χ3v) is 5.24. The summed E-state index contributed by atoms with van der Waals surface area (Å²) >= 11 is 0. The summed E-state index contributed by atoms with van der Waals surface area (Å²) in [5.41, 5.74) is 0. The van der Waals surface area contributed by atoms with Crippen LogP contribution in [0.3, 0.4) is 0 Å². The summed E-state index contributed by atoms with van der Waals surface area (Å²) in [4.78, 5) is 10.3. The Morgan fingerprint density at radius 1 is 0.727 bits per heavy atom. The number of carbonyl (C=O) groups is 1. The maximum atomic E-state index is 10.3. The van der Waals surface area contributed by atoms with Crippen molar-refractivity contribution < 1.29 is 45.6 Å². The first-order chi connectivity index (χ1) is 15.7. The normalized spacial score (nSPS) is 16.0. The molecule has 9 nitrogen and oxygen atoms in total. The number of aliphatic hydroxyl groups is 7. The van der Waals surface area contributed by atoms with E-state index >= 15 is 0 Å². The third-order valence-electron chi connectivity index (χ3n) is 5.24. The Kier molecular flexibility index (Phi) is 24.9. The summed E-state index contributed by atoms with van der Waals surface area (Å²) in [7, 11) is 0. The molecule has 0 aliphatic rings. The van der Waals surface area contributed by atoms with E-state index in [-0.39, 0.29) is 6.10 Å². The van der Waals surface area contributed by atoms with E-state index < -0.39 is 43.6 Å². The van der Waals surface area contributed by atoms with E-state index in [1.54, 1.807) is 0 Å². The molecule has 198 valence electrons. The van der Waals surface area contributed by atoms with Gasteiger partial charge in [0.2, 0.25) is 0 Å². The van der Waals surface area contributed by atoms with E-state index in [9.17, 15) is 9.90 Å². The molecule has 0 heterocycles. The second kappa shape index (κ2) is 24.1. The van der Waals surface area contributed by atoms with Crippen molar-refractivity contribution in [3.8, 4) is 0 Å². The lowest BCUT2D eigenvalue weighted by Crippen LogP contribution is -2.46. The van der Waals surface area contributed by atoms with Crippen LogP contribution >= 0.6 is 0 Å². The largest absolute Gasteiger partial charge is 0.481 e. The lowest BCUT2D eigenvalue weighted by molar-refractivity contribution is -0.137. The number of rotatable bonds is 20. The molecule has 0 aliphatic heterocycles. The highest BCUT2D eigenvalue weighted by Gasteiger charge is 2.29. The van der Waals surface area contributed by atoms with Gasteiger partial charge in [-0.05, 0) is 32.1 Å². The molecule has 0 saturated carbocycles. The first kappa shape index (κ1) is 34.1. The predicted octanol–water partition coefficient (Wildman–Crippen LogP) is 1.49. The number of hydrogen-bond donors (Lipinski definition) is 8. The molecule has 0 amide bonds. The van der Waals surface area contributed by atoms with Crippen molar-refractivity contribution in [2.24, 2.45) is 0 Å². The lowest BCUT2D eigenvalue weighted by atomic mass is 10.0. The third kappa shape index (κ3) is 22.5. The Bertz CT molecular complexity index is 445. The van der Waals surface area contributed by atoms with Crippen LogP contribution in [0.15, 0.2) is 12.2 Å². The van der Waals surface area contributed by atoms with Crippen molar-refractivity contribution in [1.29, 1.82) is 0 Å². The van der Waals surface area contributed by atoms with Crippen LogP contribution in [0.4, 0.5) is 0 Å². The molecule has 33 heavy (non-hydrogen) atoms. The van der Waals surface area contributed by atoms with Crippen LogP contribution < -0.4 is 0 Å². The highest BCUT2D eigenvalue weighted by atomic mass is 16.4. The minimum absolute atomic E-state index is 0.172. The fraction of sp³-hybridized carbons (Fsp3) is 0.875. The molecule has 8 N–H and O–H groups in total. The summed E-state index contributed by atoms with van der Waals surface area (Å²) in [6, 6.07) is 0. The molecule has 0 bridgehead atoms. The Morgan fingerprint density at radius 2 is 1.24 bits per heavy atom. The molecular weight excluding hydrogens is 432 g/mol. The Hall–Kier alpha value is -1.07. The van der Waals surface area contributed by atoms with E-state index in [2.05, 4.69) is 19.1 Å².